The molecule has 0 amide bonds. The number of methoxy groups -OCH3 is 3. The van der Waals surface area contributed by atoms with Crippen LogP contribution in [0.2, 0.25) is 0 Å². The number of pyridine rings is 1. The second-order valence-corrected chi connectivity index (χ2v) is 10.3. The van der Waals surface area contributed by atoms with Crippen LogP contribution in [0.4, 0.5) is 0 Å². The molecule has 0 fully saturated rings. The van der Waals surface area contributed by atoms with E-state index in [0.29, 0.717) is 28.6 Å². The molecular weight excluding hydrogens is 500 g/mol. The monoisotopic (exact) mass is 526 g/mol. The summed E-state index contributed by atoms with van der Waals surface area (Å²) in [6.45, 7) is 1.40. The lowest BCUT2D eigenvalue weighted by atomic mass is 10.2. The number of ether oxygens (including phenoxy) is 3. The minimum atomic E-state index is -3.98. The van der Waals surface area contributed by atoms with Gasteiger partial charge >= 0.3 is 0 Å². The van der Waals surface area contributed by atoms with E-state index in [0.717, 1.165) is 0 Å². The molecule has 0 aliphatic heterocycles. The smallest absolute Gasteiger partial charge is 0.231 e. The molecule has 0 aliphatic rings. The van der Waals surface area contributed by atoms with Gasteiger partial charge in [0.1, 0.15) is 29.0 Å². The lowest BCUT2D eigenvalue weighted by Crippen LogP contribution is -2.28. The molecule has 0 saturated heterocycles. The fourth-order valence-corrected chi connectivity index (χ4v) is 5.05. The molecule has 4 rings (SSSR count). The van der Waals surface area contributed by atoms with Gasteiger partial charge in [0.05, 0.1) is 44.7 Å². The van der Waals surface area contributed by atoms with Crippen molar-refractivity contribution in [3.05, 3.63) is 66.6 Å². The molecule has 0 bridgehead atoms. The maximum Gasteiger partial charge on any atom is 0.231 e. The Morgan fingerprint density at radius 2 is 1.68 bits per heavy atom. The SMILES string of the molecule is COc1cnc([C@H](O)[C@@H](C)S(=O)(=O)Cc2nnc(-c3cccnc3)n2-c2c(OC)cccc2OC)cn1. The average Bonchev–Trinajstić information content (AvgIpc) is 3.34. The summed E-state index contributed by atoms with van der Waals surface area (Å²) in [5, 5.41) is 18.0. The molecule has 4 aromatic rings. The van der Waals surface area contributed by atoms with Crippen molar-refractivity contribution in [2.24, 2.45) is 0 Å². The van der Waals surface area contributed by atoms with Crippen LogP contribution in [-0.4, -0.2) is 69.8 Å². The third-order valence-electron chi connectivity index (χ3n) is 5.78. The fourth-order valence-electron chi connectivity index (χ4n) is 3.71. The third-order valence-corrected chi connectivity index (χ3v) is 7.83. The van der Waals surface area contributed by atoms with E-state index in [2.05, 4.69) is 25.1 Å². The van der Waals surface area contributed by atoms with E-state index in [4.69, 9.17) is 14.2 Å². The predicted molar refractivity (Wildman–Crippen MR) is 133 cm³/mol. The van der Waals surface area contributed by atoms with Gasteiger partial charge in [-0.05, 0) is 31.2 Å². The van der Waals surface area contributed by atoms with Crippen molar-refractivity contribution in [3.8, 4) is 34.5 Å². The first kappa shape index (κ1) is 26.0. The Hall–Kier alpha value is -4.10. The number of para-hydroxylation sites is 1. The lowest BCUT2D eigenvalue weighted by molar-refractivity contribution is 0.170. The Bertz CT molecular complexity index is 1440. The van der Waals surface area contributed by atoms with E-state index < -0.39 is 26.9 Å². The van der Waals surface area contributed by atoms with Crippen LogP contribution in [0.5, 0.6) is 17.4 Å². The number of sulfone groups is 1. The Balaban J connectivity index is 1.79. The van der Waals surface area contributed by atoms with Crippen LogP contribution >= 0.6 is 0 Å². The van der Waals surface area contributed by atoms with Crippen molar-refractivity contribution in [1.82, 2.24) is 29.7 Å². The summed E-state index contributed by atoms with van der Waals surface area (Å²) < 4.78 is 44.6. The van der Waals surface area contributed by atoms with Gasteiger partial charge in [0, 0.05) is 18.0 Å². The van der Waals surface area contributed by atoms with Gasteiger partial charge in [-0.15, -0.1) is 10.2 Å². The van der Waals surface area contributed by atoms with Crippen LogP contribution in [0.25, 0.3) is 17.1 Å². The van der Waals surface area contributed by atoms with Crippen LogP contribution in [0.3, 0.4) is 0 Å². The number of rotatable bonds is 10. The van der Waals surface area contributed by atoms with Crippen LogP contribution in [0.1, 0.15) is 24.5 Å². The summed E-state index contributed by atoms with van der Waals surface area (Å²) in [5.74, 6) is 0.989. The molecule has 0 saturated carbocycles. The summed E-state index contributed by atoms with van der Waals surface area (Å²) in [4.78, 5) is 12.2. The van der Waals surface area contributed by atoms with Gasteiger partial charge in [-0.3, -0.25) is 14.5 Å². The van der Waals surface area contributed by atoms with E-state index >= 15 is 0 Å². The van der Waals surface area contributed by atoms with Crippen molar-refractivity contribution < 1.29 is 27.7 Å². The molecule has 0 spiro atoms. The van der Waals surface area contributed by atoms with Crippen molar-refractivity contribution in [1.29, 1.82) is 0 Å². The van der Waals surface area contributed by atoms with Crippen LogP contribution in [0.15, 0.2) is 55.1 Å². The number of aliphatic hydroxyl groups excluding tert-OH is 1. The largest absolute Gasteiger partial charge is 0.494 e. The van der Waals surface area contributed by atoms with Crippen molar-refractivity contribution in [2.75, 3.05) is 21.3 Å². The zero-order valence-electron chi connectivity index (χ0n) is 20.6. The summed E-state index contributed by atoms with van der Waals surface area (Å²) in [7, 11) is 0.440. The van der Waals surface area contributed by atoms with Gasteiger partial charge in [0.25, 0.3) is 0 Å². The number of aromatic nitrogens is 6. The summed E-state index contributed by atoms with van der Waals surface area (Å²) >= 11 is 0. The maximum atomic E-state index is 13.5. The van der Waals surface area contributed by atoms with Gasteiger partial charge in [0.2, 0.25) is 5.88 Å². The topological polar surface area (TPSA) is 151 Å². The van der Waals surface area contributed by atoms with Crippen molar-refractivity contribution in [2.45, 2.75) is 24.0 Å². The van der Waals surface area contributed by atoms with Crippen LogP contribution in [-0.2, 0) is 15.6 Å². The number of benzene rings is 1. The summed E-state index contributed by atoms with van der Waals surface area (Å²) in [6, 6.07) is 8.71. The van der Waals surface area contributed by atoms with E-state index in [1.807, 2.05) is 0 Å². The van der Waals surface area contributed by atoms with E-state index in [9.17, 15) is 13.5 Å². The number of hydrogen-bond acceptors (Lipinski definition) is 11. The molecule has 13 heteroatoms. The predicted octanol–water partition coefficient (Wildman–Crippen LogP) is 2.18. The maximum absolute atomic E-state index is 13.5. The molecule has 194 valence electrons. The average molecular weight is 527 g/mol. The number of aliphatic hydroxyl groups is 1. The molecule has 3 aromatic heterocycles. The highest BCUT2D eigenvalue weighted by atomic mass is 32.2. The highest BCUT2D eigenvalue weighted by molar-refractivity contribution is 7.91. The third kappa shape index (κ3) is 5.22. The molecule has 0 radical (unpaired) electrons. The molecule has 37 heavy (non-hydrogen) atoms. The second kappa shape index (κ2) is 10.9. The van der Waals surface area contributed by atoms with Gasteiger partial charge in [-0.25, -0.2) is 13.4 Å². The van der Waals surface area contributed by atoms with E-state index in [1.165, 1.54) is 40.6 Å². The van der Waals surface area contributed by atoms with Crippen LogP contribution < -0.4 is 14.2 Å². The molecule has 3 heterocycles. The van der Waals surface area contributed by atoms with Gasteiger partial charge < -0.3 is 19.3 Å². The Morgan fingerprint density at radius 1 is 0.946 bits per heavy atom. The normalized spacial score (nSPS) is 13.1. The van der Waals surface area contributed by atoms with Gasteiger partial charge in [-0.1, -0.05) is 6.07 Å². The molecule has 1 aromatic carbocycles. The molecule has 0 aliphatic carbocycles. The fraction of sp³-hybridized carbons (Fsp3) is 0.292. The van der Waals surface area contributed by atoms with Gasteiger partial charge in [0.15, 0.2) is 21.5 Å². The molecule has 12 nitrogen and oxygen atoms in total. The van der Waals surface area contributed by atoms with Crippen LogP contribution in [0, 0.1) is 0 Å². The molecule has 1 N–H and O–H groups in total. The molecule has 2 atom stereocenters. The van der Waals surface area contributed by atoms with Gasteiger partial charge in [-0.2, -0.15) is 0 Å². The second-order valence-electron chi connectivity index (χ2n) is 7.97. The lowest BCUT2D eigenvalue weighted by Gasteiger charge is -2.20. The minimum absolute atomic E-state index is 0.0980. The molecular formula is C24H26N6O6S. The highest BCUT2D eigenvalue weighted by Crippen LogP contribution is 2.37. The Labute approximate surface area is 213 Å². The first-order valence-corrected chi connectivity index (χ1v) is 12.8. The van der Waals surface area contributed by atoms with E-state index in [1.54, 1.807) is 47.3 Å². The van der Waals surface area contributed by atoms with Crippen molar-refractivity contribution >= 4 is 9.84 Å². The number of nitrogens with zero attached hydrogens (tertiary/aromatic N) is 6. The quantitative estimate of drug-likeness (QED) is 0.324. The summed E-state index contributed by atoms with van der Waals surface area (Å²) in [6.07, 6.45) is 4.36. The number of hydrogen-bond donors (Lipinski definition) is 1. The zero-order chi connectivity index (χ0) is 26.6. The van der Waals surface area contributed by atoms with E-state index in [-0.39, 0.29) is 17.4 Å². The zero-order valence-corrected chi connectivity index (χ0v) is 21.5. The highest BCUT2D eigenvalue weighted by Gasteiger charge is 2.33. The Morgan fingerprint density at radius 3 is 2.24 bits per heavy atom. The first-order valence-electron chi connectivity index (χ1n) is 11.1. The summed E-state index contributed by atoms with van der Waals surface area (Å²) in [5.41, 5.74) is 1.13. The standard InChI is InChI=1S/C24H26N6O6S/c1-15(23(31)17-12-27-21(36-4)13-26-17)37(32,33)14-20-28-29-24(16-7-6-10-25-11-16)30(20)22-18(34-2)8-5-9-19(22)35-3/h5-13,15,23,31H,14H2,1-4H3/t15-,23-/m1/s1. The Kier molecular flexibility index (Phi) is 7.64. The minimum Gasteiger partial charge on any atom is -0.494 e. The first-order chi connectivity index (χ1) is 17.8. The molecule has 0 unspecified atom stereocenters. The van der Waals surface area contributed by atoms with Crippen molar-refractivity contribution in [3.63, 3.8) is 0 Å².